The van der Waals surface area contributed by atoms with Gasteiger partial charge in [-0.2, -0.15) is 0 Å². The van der Waals surface area contributed by atoms with Gasteiger partial charge in [-0.1, -0.05) is 12.8 Å². The number of ether oxygens (including phenoxy) is 2. The first kappa shape index (κ1) is 28.5. The first-order valence-electron chi connectivity index (χ1n) is 12.0. The molecule has 8 heteroatoms. The van der Waals surface area contributed by atoms with Crippen LogP contribution < -0.4 is 10.6 Å². The van der Waals surface area contributed by atoms with Crippen LogP contribution in [0.4, 0.5) is 9.59 Å². The number of hydrogen-bond acceptors (Lipinski definition) is 6. The van der Waals surface area contributed by atoms with Gasteiger partial charge in [-0.05, 0) is 91.9 Å². The zero-order chi connectivity index (χ0) is 24.4. The van der Waals surface area contributed by atoms with Crippen molar-refractivity contribution in [3.8, 4) is 0 Å². The van der Waals surface area contributed by atoms with E-state index in [4.69, 9.17) is 19.7 Å². The Morgan fingerprint density at radius 1 is 0.719 bits per heavy atom. The topological polar surface area (TPSA) is 117 Å². The Morgan fingerprint density at radius 3 is 1.34 bits per heavy atom. The van der Waals surface area contributed by atoms with Crippen molar-refractivity contribution in [2.45, 2.75) is 116 Å². The fourth-order valence-corrected chi connectivity index (χ4v) is 4.12. The minimum atomic E-state index is -0.449. The number of amides is 2. The predicted molar refractivity (Wildman–Crippen MR) is 124 cm³/mol. The lowest BCUT2D eigenvalue weighted by molar-refractivity contribution is 0.0464. The second kappa shape index (κ2) is 13.2. The Morgan fingerprint density at radius 2 is 1.06 bits per heavy atom. The van der Waals surface area contributed by atoms with Gasteiger partial charge in [0.2, 0.25) is 0 Å². The predicted octanol–water partition coefficient (Wildman–Crippen LogP) is 4.12. The van der Waals surface area contributed by atoms with E-state index in [0.29, 0.717) is 11.8 Å². The van der Waals surface area contributed by atoms with Gasteiger partial charge in [0, 0.05) is 25.3 Å². The molecule has 0 aromatic carbocycles. The third kappa shape index (κ3) is 13.1. The maximum Gasteiger partial charge on any atom is 0.407 e. The highest BCUT2D eigenvalue weighted by molar-refractivity contribution is 5.68. The molecule has 0 aromatic rings. The molecule has 32 heavy (non-hydrogen) atoms. The van der Waals surface area contributed by atoms with Crippen LogP contribution in [0.15, 0.2) is 0 Å². The number of carbonyl (C=O) groups is 2. The molecule has 4 N–H and O–H groups in total. The van der Waals surface area contributed by atoms with Crippen LogP contribution in [0.1, 0.15) is 92.9 Å². The second-order valence-electron chi connectivity index (χ2n) is 11.1. The van der Waals surface area contributed by atoms with Crippen LogP contribution in [0.5, 0.6) is 0 Å². The molecule has 2 fully saturated rings. The van der Waals surface area contributed by atoms with Crippen LogP contribution >= 0.6 is 0 Å². The molecular weight excluding hydrogens is 412 g/mol. The molecule has 2 rings (SSSR count). The average molecular weight is 459 g/mol. The fourth-order valence-electron chi connectivity index (χ4n) is 4.12. The van der Waals surface area contributed by atoms with Crippen LogP contribution in [-0.2, 0) is 9.47 Å². The lowest BCUT2D eigenvalue weighted by atomic mass is 9.86. The van der Waals surface area contributed by atoms with Gasteiger partial charge in [0.15, 0.2) is 0 Å². The Hall–Kier alpha value is -1.54. The number of aliphatic hydroxyl groups is 2. The molecule has 0 heterocycles. The summed E-state index contributed by atoms with van der Waals surface area (Å²) < 4.78 is 10.4. The molecule has 4 atom stereocenters. The highest BCUT2D eigenvalue weighted by atomic mass is 16.6. The van der Waals surface area contributed by atoms with Crippen LogP contribution in [0.3, 0.4) is 0 Å². The Labute approximate surface area is 193 Å². The van der Waals surface area contributed by atoms with E-state index in [1.54, 1.807) is 0 Å². The van der Waals surface area contributed by atoms with E-state index in [1.807, 2.05) is 41.5 Å². The zero-order valence-electron chi connectivity index (χ0n) is 20.9. The Bertz CT molecular complexity index is 520. The molecule has 2 aliphatic carbocycles. The second-order valence-corrected chi connectivity index (χ2v) is 11.1. The normalized spacial score (nSPS) is 26.2. The van der Waals surface area contributed by atoms with Crippen LogP contribution in [0.25, 0.3) is 0 Å². The summed E-state index contributed by atoms with van der Waals surface area (Å²) in [6, 6.07) is 0.307. The van der Waals surface area contributed by atoms with Crippen molar-refractivity contribution in [3.63, 3.8) is 0 Å². The number of alkyl carbamates (subject to hydrolysis) is 2. The van der Waals surface area contributed by atoms with E-state index in [-0.39, 0.29) is 37.5 Å². The fraction of sp³-hybridized carbons (Fsp3) is 0.917. The van der Waals surface area contributed by atoms with Crippen LogP contribution in [0, 0.1) is 11.8 Å². The van der Waals surface area contributed by atoms with Gasteiger partial charge < -0.3 is 30.3 Å². The largest absolute Gasteiger partial charge is 0.444 e. The standard InChI is InChI=1S/2C12H23NO3/c2*1-12(2,3)16-11(15)13-10-6-4-5-9(7-10)8-14/h2*9-10,14H,4-8H2,1-3H3,(H,13,15)/t2*9-,10+/m10/s1. The molecule has 0 aromatic heterocycles. The zero-order valence-corrected chi connectivity index (χ0v) is 20.9. The third-order valence-corrected chi connectivity index (χ3v) is 5.52. The first-order valence-corrected chi connectivity index (χ1v) is 12.0. The molecule has 0 aliphatic heterocycles. The molecule has 0 saturated heterocycles. The van der Waals surface area contributed by atoms with Gasteiger partial charge in [-0.15, -0.1) is 0 Å². The molecule has 0 unspecified atom stereocenters. The van der Waals surface area contributed by atoms with E-state index >= 15 is 0 Å². The Kier molecular flexibility index (Phi) is 11.8. The quantitative estimate of drug-likeness (QED) is 0.503. The summed E-state index contributed by atoms with van der Waals surface area (Å²) in [5, 5.41) is 23.9. The lowest BCUT2D eigenvalue weighted by Crippen LogP contribution is -2.41. The maximum atomic E-state index is 11.5. The van der Waals surface area contributed by atoms with E-state index in [2.05, 4.69) is 10.6 Å². The average Bonchev–Trinajstić information content (AvgIpc) is 2.65. The van der Waals surface area contributed by atoms with Crippen molar-refractivity contribution in [1.82, 2.24) is 10.6 Å². The maximum absolute atomic E-state index is 11.5. The molecule has 188 valence electrons. The van der Waals surface area contributed by atoms with E-state index < -0.39 is 11.2 Å². The smallest absolute Gasteiger partial charge is 0.407 e. The number of carbonyl (C=O) groups excluding carboxylic acids is 2. The highest BCUT2D eigenvalue weighted by Gasteiger charge is 2.26. The SMILES string of the molecule is CC(C)(C)OC(=O)N[C@@H]1CCC[C@H](CO)C1.CC(C)(C)OC(=O)N[C@H]1CCC[C@@H](CO)C1. The first-order chi connectivity index (χ1) is 14.8. The van der Waals surface area contributed by atoms with Crippen molar-refractivity contribution in [2.24, 2.45) is 11.8 Å². The van der Waals surface area contributed by atoms with Gasteiger partial charge in [0.1, 0.15) is 11.2 Å². The summed E-state index contributed by atoms with van der Waals surface area (Å²) in [7, 11) is 0. The molecule has 2 aliphatic rings. The summed E-state index contributed by atoms with van der Waals surface area (Å²) in [5.74, 6) is 0.655. The van der Waals surface area contributed by atoms with E-state index in [0.717, 1.165) is 51.4 Å². The van der Waals surface area contributed by atoms with Crippen LogP contribution in [-0.4, -0.2) is 58.9 Å². The lowest BCUT2D eigenvalue weighted by Gasteiger charge is -2.29. The summed E-state index contributed by atoms with van der Waals surface area (Å²) in [6.45, 7) is 11.5. The number of aliphatic hydroxyl groups excluding tert-OH is 2. The van der Waals surface area contributed by atoms with Gasteiger partial charge >= 0.3 is 12.2 Å². The summed E-state index contributed by atoms with van der Waals surface area (Å²) in [4.78, 5) is 23.1. The van der Waals surface area contributed by atoms with E-state index in [1.165, 1.54) is 0 Å². The molecule has 2 saturated carbocycles. The number of nitrogens with one attached hydrogen (secondary N) is 2. The molecule has 0 bridgehead atoms. The van der Waals surface area contributed by atoms with E-state index in [9.17, 15) is 9.59 Å². The van der Waals surface area contributed by atoms with Gasteiger partial charge in [-0.3, -0.25) is 0 Å². The minimum Gasteiger partial charge on any atom is -0.444 e. The van der Waals surface area contributed by atoms with Crippen molar-refractivity contribution >= 4 is 12.2 Å². The molecule has 2 amide bonds. The summed E-state index contributed by atoms with van der Waals surface area (Å²) in [6.07, 6.45) is 7.22. The summed E-state index contributed by atoms with van der Waals surface area (Å²) >= 11 is 0. The molecule has 0 radical (unpaired) electrons. The number of rotatable bonds is 4. The van der Waals surface area contributed by atoms with Crippen LogP contribution in [0.2, 0.25) is 0 Å². The van der Waals surface area contributed by atoms with Gasteiger partial charge in [0.05, 0.1) is 0 Å². The van der Waals surface area contributed by atoms with Crippen molar-refractivity contribution in [1.29, 1.82) is 0 Å². The van der Waals surface area contributed by atoms with Crippen molar-refractivity contribution in [2.75, 3.05) is 13.2 Å². The van der Waals surface area contributed by atoms with Gasteiger partial charge in [-0.25, -0.2) is 9.59 Å². The number of hydrogen-bond donors (Lipinski definition) is 4. The monoisotopic (exact) mass is 458 g/mol. The summed E-state index contributed by atoms with van der Waals surface area (Å²) in [5.41, 5.74) is -0.899. The molecule has 8 nitrogen and oxygen atoms in total. The van der Waals surface area contributed by atoms with Gasteiger partial charge in [0.25, 0.3) is 0 Å². The van der Waals surface area contributed by atoms with Crippen molar-refractivity contribution in [3.05, 3.63) is 0 Å². The van der Waals surface area contributed by atoms with Crippen molar-refractivity contribution < 1.29 is 29.3 Å². The minimum absolute atomic E-state index is 0.153. The molecular formula is C24H46N2O6. The third-order valence-electron chi connectivity index (χ3n) is 5.52. The highest BCUT2D eigenvalue weighted by Crippen LogP contribution is 2.25. The Balaban J connectivity index is 0.000000320. The molecule has 0 spiro atoms.